The second-order valence-corrected chi connectivity index (χ2v) is 9.79. The van der Waals surface area contributed by atoms with Crippen LogP contribution in [0.5, 0.6) is 0 Å². The quantitative estimate of drug-likeness (QED) is 0.725. The first-order chi connectivity index (χ1) is 12.9. The highest BCUT2D eigenvalue weighted by Crippen LogP contribution is 2.28. The Labute approximate surface area is 170 Å². The molecule has 0 aliphatic carbocycles. The molecule has 7 nitrogen and oxygen atoms in total. The molecule has 2 rings (SSSR count). The zero-order valence-electron chi connectivity index (χ0n) is 17.2. The van der Waals surface area contributed by atoms with Crippen LogP contribution in [0.25, 0.3) is 0 Å². The van der Waals surface area contributed by atoms with Gasteiger partial charge in [0.05, 0.1) is 18.3 Å². The van der Waals surface area contributed by atoms with Crippen molar-refractivity contribution in [3.8, 4) is 0 Å². The second kappa shape index (κ2) is 8.43. The summed E-state index contributed by atoms with van der Waals surface area (Å²) in [4.78, 5) is 37.7. The molecular weight excluding hydrogens is 380 g/mol. The molecule has 1 saturated heterocycles. The summed E-state index contributed by atoms with van der Waals surface area (Å²) < 4.78 is 10.8. The summed E-state index contributed by atoms with van der Waals surface area (Å²) in [5.41, 5.74) is -0.837. The number of carbonyl (C=O) groups excluding carboxylic acids is 3. The molecule has 1 aliphatic heterocycles. The van der Waals surface area contributed by atoms with Gasteiger partial charge in [-0.2, -0.15) is 0 Å². The third-order valence-electron chi connectivity index (χ3n) is 3.54. The Morgan fingerprint density at radius 3 is 1.68 bits per heavy atom. The molecule has 8 heteroatoms. The van der Waals surface area contributed by atoms with E-state index in [-0.39, 0.29) is 23.5 Å². The van der Waals surface area contributed by atoms with E-state index >= 15 is 0 Å². The zero-order valence-corrected chi connectivity index (χ0v) is 18.0. The molecule has 0 saturated carbocycles. The second-order valence-electron chi connectivity index (χ2n) is 8.52. The van der Waals surface area contributed by atoms with Gasteiger partial charge in [-0.25, -0.2) is 19.6 Å². The van der Waals surface area contributed by atoms with E-state index in [9.17, 15) is 14.4 Å². The lowest BCUT2D eigenvalue weighted by atomic mass is 10.2. The first kappa shape index (κ1) is 22.1. The van der Waals surface area contributed by atoms with E-state index in [1.54, 1.807) is 65.8 Å². The van der Waals surface area contributed by atoms with Crippen LogP contribution in [0.15, 0.2) is 30.3 Å². The molecule has 0 bridgehead atoms. The molecule has 2 amide bonds. The molecule has 0 atom stereocenters. The SMILES string of the molecule is CC(C)(C)OC(=O)N1CC(SC(=O)c2ccccc2)CN1C(=O)OC(C)(C)C. The number of hydrogen-bond donors (Lipinski definition) is 0. The van der Waals surface area contributed by atoms with Crippen LogP contribution in [0.1, 0.15) is 51.9 Å². The van der Waals surface area contributed by atoms with E-state index in [0.717, 1.165) is 11.8 Å². The maximum atomic E-state index is 12.6. The highest BCUT2D eigenvalue weighted by atomic mass is 32.2. The fourth-order valence-electron chi connectivity index (χ4n) is 2.48. The summed E-state index contributed by atoms with van der Waals surface area (Å²) in [6.07, 6.45) is -1.29. The molecular formula is C20H28N2O5S. The third-order valence-corrected chi connectivity index (χ3v) is 4.62. The van der Waals surface area contributed by atoms with Crippen LogP contribution in [0.3, 0.4) is 0 Å². The van der Waals surface area contributed by atoms with Crippen LogP contribution in [0, 0.1) is 0 Å². The van der Waals surface area contributed by atoms with Crippen molar-refractivity contribution in [2.75, 3.05) is 13.1 Å². The van der Waals surface area contributed by atoms with Crippen molar-refractivity contribution in [1.29, 1.82) is 0 Å². The number of rotatable bonds is 2. The van der Waals surface area contributed by atoms with Gasteiger partial charge in [0.2, 0.25) is 5.12 Å². The van der Waals surface area contributed by atoms with Crippen molar-refractivity contribution in [2.45, 2.75) is 58.0 Å². The molecule has 0 unspecified atom stereocenters. The average molecular weight is 409 g/mol. The van der Waals surface area contributed by atoms with Crippen LogP contribution < -0.4 is 0 Å². The Morgan fingerprint density at radius 1 is 0.857 bits per heavy atom. The van der Waals surface area contributed by atoms with Crippen LogP contribution >= 0.6 is 11.8 Å². The standard InChI is InChI=1S/C20H28N2O5S/c1-19(2,3)26-17(24)21-12-15(13-22(21)18(25)27-20(4,5)6)28-16(23)14-10-8-7-9-11-14/h7-11,15H,12-13H2,1-6H3. The Balaban J connectivity index is 2.14. The maximum absolute atomic E-state index is 12.6. The van der Waals surface area contributed by atoms with Crippen molar-refractivity contribution in [1.82, 2.24) is 10.0 Å². The summed E-state index contributed by atoms with van der Waals surface area (Å²) in [6, 6.07) is 8.90. The van der Waals surface area contributed by atoms with E-state index < -0.39 is 23.4 Å². The monoisotopic (exact) mass is 408 g/mol. The fraction of sp³-hybridized carbons (Fsp3) is 0.550. The minimum Gasteiger partial charge on any atom is -0.442 e. The summed E-state index contributed by atoms with van der Waals surface area (Å²) in [5, 5.41) is 2.04. The number of thioether (sulfide) groups is 1. The zero-order chi connectivity index (χ0) is 21.1. The van der Waals surface area contributed by atoms with E-state index in [4.69, 9.17) is 9.47 Å². The van der Waals surface area contributed by atoms with E-state index in [1.165, 1.54) is 10.0 Å². The van der Waals surface area contributed by atoms with Gasteiger partial charge in [-0.3, -0.25) is 4.79 Å². The Hall–Kier alpha value is -2.22. The van der Waals surface area contributed by atoms with Crippen molar-refractivity contribution in [3.63, 3.8) is 0 Å². The van der Waals surface area contributed by atoms with Crippen molar-refractivity contribution >= 4 is 29.1 Å². The molecule has 1 aliphatic rings. The number of nitrogens with zero attached hydrogens (tertiary/aromatic N) is 2. The molecule has 0 N–H and O–H groups in total. The number of benzene rings is 1. The third kappa shape index (κ3) is 6.44. The lowest BCUT2D eigenvalue weighted by Gasteiger charge is -2.31. The number of amides is 2. The smallest absolute Gasteiger partial charge is 0.429 e. The lowest BCUT2D eigenvalue weighted by Crippen LogP contribution is -2.48. The summed E-state index contributed by atoms with van der Waals surface area (Å²) in [6.45, 7) is 10.9. The van der Waals surface area contributed by atoms with Gasteiger partial charge in [0, 0.05) is 5.56 Å². The summed E-state index contributed by atoms with van der Waals surface area (Å²) in [5.74, 6) is 0. The minimum atomic E-state index is -0.707. The van der Waals surface area contributed by atoms with Gasteiger partial charge < -0.3 is 9.47 Å². The van der Waals surface area contributed by atoms with E-state index in [2.05, 4.69) is 0 Å². The molecule has 1 fully saturated rings. The predicted molar refractivity (Wildman–Crippen MR) is 108 cm³/mol. The molecule has 0 radical (unpaired) electrons. The Bertz CT molecular complexity index is 688. The van der Waals surface area contributed by atoms with Crippen LogP contribution in [-0.2, 0) is 9.47 Å². The van der Waals surface area contributed by atoms with Crippen LogP contribution in [0.2, 0.25) is 0 Å². The number of hydrazine groups is 1. The molecule has 1 heterocycles. The molecule has 1 aromatic carbocycles. The number of carbonyl (C=O) groups is 3. The van der Waals surface area contributed by atoms with Gasteiger partial charge >= 0.3 is 12.2 Å². The van der Waals surface area contributed by atoms with Gasteiger partial charge in [-0.1, -0.05) is 42.1 Å². The highest BCUT2D eigenvalue weighted by Gasteiger charge is 2.42. The molecule has 0 aromatic heterocycles. The minimum absolute atomic E-state index is 0.110. The Morgan fingerprint density at radius 2 is 1.29 bits per heavy atom. The normalized spacial score (nSPS) is 15.5. The van der Waals surface area contributed by atoms with Crippen molar-refractivity contribution in [2.24, 2.45) is 0 Å². The average Bonchev–Trinajstić information content (AvgIpc) is 2.97. The van der Waals surface area contributed by atoms with Gasteiger partial charge in [0.1, 0.15) is 11.2 Å². The van der Waals surface area contributed by atoms with Gasteiger partial charge in [0.15, 0.2) is 0 Å². The van der Waals surface area contributed by atoms with E-state index in [0.29, 0.717) is 5.56 Å². The highest BCUT2D eigenvalue weighted by molar-refractivity contribution is 8.14. The predicted octanol–water partition coefficient (Wildman–Crippen LogP) is 4.33. The van der Waals surface area contributed by atoms with Crippen molar-refractivity contribution in [3.05, 3.63) is 35.9 Å². The summed E-state index contributed by atoms with van der Waals surface area (Å²) >= 11 is 1.10. The van der Waals surface area contributed by atoms with Gasteiger partial charge in [-0.15, -0.1) is 0 Å². The fourth-order valence-corrected chi connectivity index (χ4v) is 3.49. The molecule has 154 valence electrons. The first-order valence-corrected chi connectivity index (χ1v) is 10.0. The van der Waals surface area contributed by atoms with Gasteiger partial charge in [0.25, 0.3) is 0 Å². The Kier molecular flexibility index (Phi) is 6.64. The maximum Gasteiger partial charge on any atom is 0.429 e. The molecule has 28 heavy (non-hydrogen) atoms. The van der Waals surface area contributed by atoms with Crippen LogP contribution in [0.4, 0.5) is 9.59 Å². The topological polar surface area (TPSA) is 76.2 Å². The number of hydrogen-bond acceptors (Lipinski definition) is 6. The first-order valence-electron chi connectivity index (χ1n) is 9.13. The largest absolute Gasteiger partial charge is 0.442 e. The lowest BCUT2D eigenvalue weighted by molar-refractivity contribution is -0.0428. The molecule has 0 spiro atoms. The van der Waals surface area contributed by atoms with Crippen LogP contribution in [-0.4, -0.2) is 56.9 Å². The summed E-state index contributed by atoms with van der Waals surface area (Å²) in [7, 11) is 0. The van der Waals surface area contributed by atoms with E-state index in [1.807, 2.05) is 6.07 Å². The number of ether oxygens (including phenoxy) is 2. The van der Waals surface area contributed by atoms with Gasteiger partial charge in [-0.05, 0) is 41.5 Å². The van der Waals surface area contributed by atoms with Crippen molar-refractivity contribution < 1.29 is 23.9 Å². The molecule has 1 aromatic rings.